The van der Waals surface area contributed by atoms with Crippen LogP contribution in [0.3, 0.4) is 0 Å². The molecule has 0 bridgehead atoms. The van der Waals surface area contributed by atoms with Crippen LogP contribution in [0, 0.1) is 0 Å². The SMILES string of the molecule is CC(CO)n1cc(C(=O)N=C(N)C2(c3ccc(Br)cc3)CCC2)cn1. The Hall–Kier alpha value is -1.99. The van der Waals surface area contributed by atoms with Gasteiger partial charge in [0.1, 0.15) is 5.84 Å². The predicted molar refractivity (Wildman–Crippen MR) is 99.6 cm³/mol. The molecule has 1 amide bonds. The van der Waals surface area contributed by atoms with Gasteiger partial charge in [0.25, 0.3) is 5.91 Å². The van der Waals surface area contributed by atoms with E-state index in [2.05, 4.69) is 26.0 Å². The smallest absolute Gasteiger partial charge is 0.281 e. The van der Waals surface area contributed by atoms with E-state index in [-0.39, 0.29) is 18.1 Å². The molecule has 0 spiro atoms. The van der Waals surface area contributed by atoms with Crippen LogP contribution in [0.25, 0.3) is 0 Å². The second-order valence-corrected chi connectivity index (χ2v) is 7.40. The maximum Gasteiger partial charge on any atom is 0.281 e. The van der Waals surface area contributed by atoms with E-state index in [1.807, 2.05) is 31.2 Å². The largest absolute Gasteiger partial charge is 0.394 e. The highest BCUT2D eigenvalue weighted by molar-refractivity contribution is 9.10. The minimum absolute atomic E-state index is 0.0482. The van der Waals surface area contributed by atoms with Crippen molar-refractivity contribution >= 4 is 27.7 Å². The van der Waals surface area contributed by atoms with Crippen LogP contribution < -0.4 is 5.73 Å². The van der Waals surface area contributed by atoms with Crippen LogP contribution in [0.4, 0.5) is 0 Å². The first-order valence-electron chi connectivity index (χ1n) is 8.26. The van der Waals surface area contributed by atoms with Gasteiger partial charge < -0.3 is 10.8 Å². The number of halogens is 1. The maximum absolute atomic E-state index is 12.5. The molecule has 0 saturated heterocycles. The van der Waals surface area contributed by atoms with Crippen molar-refractivity contribution in [3.63, 3.8) is 0 Å². The first-order chi connectivity index (χ1) is 12.0. The molecule has 132 valence electrons. The van der Waals surface area contributed by atoms with Crippen molar-refractivity contribution < 1.29 is 9.90 Å². The van der Waals surface area contributed by atoms with Crippen LogP contribution in [-0.4, -0.2) is 33.2 Å². The van der Waals surface area contributed by atoms with Crippen molar-refractivity contribution in [2.24, 2.45) is 10.7 Å². The molecule has 1 unspecified atom stereocenters. The summed E-state index contributed by atoms with van der Waals surface area (Å²) in [5.74, 6) is -0.0497. The summed E-state index contributed by atoms with van der Waals surface area (Å²) in [6.45, 7) is 1.77. The monoisotopic (exact) mass is 404 g/mol. The van der Waals surface area contributed by atoms with Gasteiger partial charge in [0, 0.05) is 10.7 Å². The topological polar surface area (TPSA) is 93.5 Å². The Bertz CT molecular complexity index is 794. The van der Waals surface area contributed by atoms with Crippen molar-refractivity contribution in [3.05, 3.63) is 52.3 Å². The number of hydrogen-bond donors (Lipinski definition) is 2. The van der Waals surface area contributed by atoms with Gasteiger partial charge in [0.15, 0.2) is 0 Å². The van der Waals surface area contributed by atoms with E-state index in [0.29, 0.717) is 11.4 Å². The van der Waals surface area contributed by atoms with Crippen LogP contribution in [-0.2, 0) is 5.41 Å². The quantitative estimate of drug-likeness (QED) is 0.591. The molecule has 3 N–H and O–H groups in total. The van der Waals surface area contributed by atoms with Crippen molar-refractivity contribution in [2.45, 2.75) is 37.6 Å². The molecular weight excluding hydrogens is 384 g/mol. The Morgan fingerprint density at radius 1 is 1.44 bits per heavy atom. The molecular formula is C18H21BrN4O2. The van der Waals surface area contributed by atoms with E-state index in [9.17, 15) is 9.90 Å². The first-order valence-corrected chi connectivity index (χ1v) is 9.05. The fourth-order valence-electron chi connectivity index (χ4n) is 3.05. The second kappa shape index (κ2) is 7.09. The lowest BCUT2D eigenvalue weighted by Crippen LogP contribution is -2.47. The van der Waals surface area contributed by atoms with Crippen molar-refractivity contribution in [2.75, 3.05) is 6.61 Å². The van der Waals surface area contributed by atoms with Gasteiger partial charge in [-0.1, -0.05) is 34.5 Å². The number of amides is 1. The van der Waals surface area contributed by atoms with Crippen LogP contribution in [0.5, 0.6) is 0 Å². The van der Waals surface area contributed by atoms with E-state index >= 15 is 0 Å². The van der Waals surface area contributed by atoms with E-state index in [1.165, 1.54) is 6.20 Å². The van der Waals surface area contributed by atoms with Crippen molar-refractivity contribution in [1.82, 2.24) is 9.78 Å². The van der Waals surface area contributed by atoms with Crippen LogP contribution >= 0.6 is 15.9 Å². The summed E-state index contributed by atoms with van der Waals surface area (Å²) >= 11 is 3.44. The number of benzene rings is 1. The summed E-state index contributed by atoms with van der Waals surface area (Å²) in [6.07, 6.45) is 5.88. The summed E-state index contributed by atoms with van der Waals surface area (Å²) in [7, 11) is 0. The highest BCUT2D eigenvalue weighted by atomic mass is 79.9. The molecule has 2 aromatic rings. The van der Waals surface area contributed by atoms with Gasteiger partial charge in [-0.3, -0.25) is 9.48 Å². The predicted octanol–water partition coefficient (Wildman–Crippen LogP) is 2.82. The Labute approximate surface area is 154 Å². The molecule has 6 nitrogen and oxygen atoms in total. The number of aliphatic imine (C=N–C) groups is 1. The fourth-order valence-corrected chi connectivity index (χ4v) is 3.31. The zero-order valence-corrected chi connectivity index (χ0v) is 15.6. The highest BCUT2D eigenvalue weighted by Gasteiger charge is 2.42. The van der Waals surface area contributed by atoms with Crippen LogP contribution in [0.15, 0.2) is 46.1 Å². The average molecular weight is 405 g/mol. The third kappa shape index (κ3) is 3.39. The summed E-state index contributed by atoms with van der Waals surface area (Å²) in [6, 6.07) is 7.81. The summed E-state index contributed by atoms with van der Waals surface area (Å²) < 4.78 is 2.55. The number of hydrogen-bond acceptors (Lipinski definition) is 3. The molecule has 3 rings (SSSR count). The normalized spacial score (nSPS) is 17.8. The number of rotatable bonds is 5. The molecule has 1 saturated carbocycles. The van der Waals surface area contributed by atoms with Crippen LogP contribution in [0.2, 0.25) is 0 Å². The number of amidine groups is 1. The molecule has 1 aromatic carbocycles. The number of nitrogens with two attached hydrogens (primary N) is 1. The molecule has 1 atom stereocenters. The van der Waals surface area contributed by atoms with Gasteiger partial charge in [-0.15, -0.1) is 0 Å². The molecule has 0 radical (unpaired) electrons. The zero-order chi connectivity index (χ0) is 18.0. The van der Waals surface area contributed by atoms with E-state index in [4.69, 9.17) is 5.73 Å². The Kier molecular flexibility index (Phi) is 5.06. The minimum atomic E-state index is -0.405. The zero-order valence-electron chi connectivity index (χ0n) is 14.0. The van der Waals surface area contributed by atoms with Crippen LogP contribution in [0.1, 0.15) is 48.1 Å². The van der Waals surface area contributed by atoms with Crippen molar-refractivity contribution in [1.29, 1.82) is 0 Å². The fraction of sp³-hybridized carbons (Fsp3) is 0.389. The lowest BCUT2D eigenvalue weighted by atomic mass is 9.63. The number of carbonyl (C=O) groups is 1. The number of aliphatic hydroxyl groups is 1. The number of aromatic nitrogens is 2. The van der Waals surface area contributed by atoms with E-state index in [1.54, 1.807) is 10.9 Å². The molecule has 1 aromatic heterocycles. The summed E-state index contributed by atoms with van der Waals surface area (Å²) in [5, 5.41) is 13.3. The van der Waals surface area contributed by atoms with Gasteiger partial charge >= 0.3 is 0 Å². The number of carbonyl (C=O) groups excluding carboxylic acids is 1. The molecule has 7 heteroatoms. The van der Waals surface area contributed by atoms with Gasteiger partial charge in [0.05, 0.1) is 29.8 Å². The Morgan fingerprint density at radius 3 is 2.68 bits per heavy atom. The summed E-state index contributed by atoms with van der Waals surface area (Å²) in [5.41, 5.74) is 7.36. The molecule has 25 heavy (non-hydrogen) atoms. The van der Waals surface area contributed by atoms with Gasteiger partial charge in [-0.2, -0.15) is 10.1 Å². The standard InChI is InChI=1S/C18H21BrN4O2/c1-12(11-24)23-10-13(9-21-23)16(25)22-17(20)18(7-2-8-18)14-3-5-15(19)6-4-14/h3-6,9-10,12,24H,2,7-8,11H2,1H3,(H2,20,22,25). The molecule has 1 aliphatic carbocycles. The lowest BCUT2D eigenvalue weighted by molar-refractivity contribution is 0.100. The number of aliphatic hydroxyl groups excluding tert-OH is 1. The maximum atomic E-state index is 12.5. The molecule has 0 aliphatic heterocycles. The van der Waals surface area contributed by atoms with Gasteiger partial charge in [0.2, 0.25) is 0 Å². The van der Waals surface area contributed by atoms with E-state index in [0.717, 1.165) is 29.3 Å². The third-order valence-electron chi connectivity index (χ3n) is 4.88. The van der Waals surface area contributed by atoms with Gasteiger partial charge in [-0.05, 0) is 37.5 Å². The minimum Gasteiger partial charge on any atom is -0.394 e. The van der Waals surface area contributed by atoms with E-state index < -0.39 is 5.91 Å². The Balaban J connectivity index is 1.85. The second-order valence-electron chi connectivity index (χ2n) is 6.49. The summed E-state index contributed by atoms with van der Waals surface area (Å²) in [4.78, 5) is 16.6. The Morgan fingerprint density at radius 2 is 2.12 bits per heavy atom. The van der Waals surface area contributed by atoms with Gasteiger partial charge in [-0.25, -0.2) is 0 Å². The highest BCUT2D eigenvalue weighted by Crippen LogP contribution is 2.44. The number of nitrogens with zero attached hydrogens (tertiary/aromatic N) is 3. The lowest BCUT2D eigenvalue weighted by Gasteiger charge is -2.41. The molecule has 1 fully saturated rings. The average Bonchev–Trinajstić information content (AvgIpc) is 3.05. The van der Waals surface area contributed by atoms with Crippen molar-refractivity contribution in [3.8, 4) is 0 Å². The third-order valence-corrected chi connectivity index (χ3v) is 5.41. The molecule has 1 heterocycles. The molecule has 1 aliphatic rings. The first kappa shape index (κ1) is 17.8.